The van der Waals surface area contributed by atoms with Crippen LogP contribution in [0.3, 0.4) is 0 Å². The highest BCUT2D eigenvalue weighted by Gasteiger charge is 2.18. The highest BCUT2D eigenvalue weighted by Crippen LogP contribution is 2.22. The van der Waals surface area contributed by atoms with E-state index in [9.17, 15) is 9.59 Å². The van der Waals surface area contributed by atoms with E-state index in [2.05, 4.69) is 0 Å². The average Bonchev–Trinajstić information content (AvgIpc) is 2.67. The molecule has 0 radical (unpaired) electrons. The molecule has 0 amide bonds. The van der Waals surface area contributed by atoms with Gasteiger partial charge in [-0.3, -0.25) is 9.59 Å². The summed E-state index contributed by atoms with van der Waals surface area (Å²) in [5, 5.41) is 1.94. The Balaban J connectivity index is 2.60. The molecular weight excluding hydrogens is 220 g/mol. The van der Waals surface area contributed by atoms with Gasteiger partial charge in [0, 0.05) is 10.8 Å². The molecule has 86 valence electrons. The van der Waals surface area contributed by atoms with Crippen LogP contribution in [0.15, 0.2) is 29.2 Å². The first-order valence-electron chi connectivity index (χ1n) is 5.24. The largest absolute Gasteiger partial charge is 0.298 e. The lowest BCUT2D eigenvalue weighted by atomic mass is 9.99. The predicted octanol–water partition coefficient (Wildman–Crippen LogP) is 3.35. The van der Waals surface area contributed by atoms with Gasteiger partial charge in [-0.2, -0.15) is 0 Å². The second-order valence-electron chi connectivity index (χ2n) is 4.07. The van der Waals surface area contributed by atoms with Gasteiger partial charge in [-0.15, -0.1) is 11.3 Å². The van der Waals surface area contributed by atoms with Crippen molar-refractivity contribution in [3.63, 3.8) is 0 Å². The number of Topliss-reactive ketones (excluding diaryl/α,β-unsaturated/α-hetero) is 1. The summed E-state index contributed by atoms with van der Waals surface area (Å²) < 4.78 is 0. The summed E-state index contributed by atoms with van der Waals surface area (Å²) in [5.41, 5.74) is 0.932. The molecule has 1 heterocycles. The summed E-state index contributed by atoms with van der Waals surface area (Å²) in [6.07, 6.45) is 1.53. The summed E-state index contributed by atoms with van der Waals surface area (Å²) in [6, 6.07) is 3.85. The highest BCUT2D eigenvalue weighted by atomic mass is 32.1. The first-order chi connectivity index (χ1) is 7.50. The zero-order chi connectivity index (χ0) is 12.1. The van der Waals surface area contributed by atoms with Crippen LogP contribution in [-0.2, 0) is 9.59 Å². The predicted molar refractivity (Wildman–Crippen MR) is 66.8 cm³/mol. The van der Waals surface area contributed by atoms with Crippen molar-refractivity contribution >= 4 is 22.9 Å². The summed E-state index contributed by atoms with van der Waals surface area (Å²) in [7, 11) is 0. The molecule has 0 aliphatic heterocycles. The average molecular weight is 236 g/mol. The summed E-state index contributed by atoms with van der Waals surface area (Å²) in [4.78, 5) is 24.3. The molecule has 0 bridgehead atoms. The van der Waals surface area contributed by atoms with Gasteiger partial charge in [0.25, 0.3) is 0 Å². The van der Waals surface area contributed by atoms with Crippen LogP contribution in [0.25, 0.3) is 0 Å². The van der Waals surface area contributed by atoms with Crippen LogP contribution in [-0.4, -0.2) is 11.6 Å². The molecule has 0 spiro atoms. The third-order valence-corrected chi connectivity index (χ3v) is 3.31. The van der Waals surface area contributed by atoms with Gasteiger partial charge in [0.15, 0.2) is 5.78 Å². The Kier molecular flexibility index (Phi) is 4.62. The molecule has 3 heteroatoms. The molecule has 1 unspecified atom stereocenters. The van der Waals surface area contributed by atoms with Crippen LogP contribution >= 0.6 is 11.3 Å². The molecule has 0 aliphatic rings. The van der Waals surface area contributed by atoms with Gasteiger partial charge in [-0.25, -0.2) is 0 Å². The topological polar surface area (TPSA) is 34.1 Å². The fourth-order valence-corrected chi connectivity index (χ4v) is 2.20. The van der Waals surface area contributed by atoms with E-state index in [-0.39, 0.29) is 23.9 Å². The van der Waals surface area contributed by atoms with Crippen LogP contribution in [0.5, 0.6) is 0 Å². The lowest BCUT2D eigenvalue weighted by molar-refractivity contribution is -0.125. The van der Waals surface area contributed by atoms with Crippen molar-refractivity contribution in [3.8, 4) is 0 Å². The van der Waals surface area contributed by atoms with Crippen molar-refractivity contribution in [1.29, 1.82) is 0 Å². The molecule has 1 aromatic rings. The Hall–Kier alpha value is -1.22. The zero-order valence-electron chi connectivity index (χ0n) is 9.82. The second kappa shape index (κ2) is 5.75. The molecule has 1 aromatic heterocycles. The Bertz CT molecular complexity index is 398. The molecule has 0 aromatic carbocycles. The number of ketones is 2. The Labute approximate surface area is 100.0 Å². The first kappa shape index (κ1) is 12.8. The molecule has 0 aliphatic carbocycles. The van der Waals surface area contributed by atoms with E-state index >= 15 is 0 Å². The van der Waals surface area contributed by atoms with Crippen molar-refractivity contribution in [2.24, 2.45) is 0 Å². The maximum atomic E-state index is 11.8. The van der Waals surface area contributed by atoms with Gasteiger partial charge in [-0.05, 0) is 31.4 Å². The summed E-state index contributed by atoms with van der Waals surface area (Å²) in [6.45, 7) is 5.56. The number of rotatable bonds is 5. The fourth-order valence-electron chi connectivity index (χ4n) is 1.39. The van der Waals surface area contributed by atoms with Gasteiger partial charge in [0.1, 0.15) is 5.78 Å². The lowest BCUT2D eigenvalue weighted by Gasteiger charge is -2.06. The van der Waals surface area contributed by atoms with E-state index in [1.54, 1.807) is 11.3 Å². The summed E-state index contributed by atoms with van der Waals surface area (Å²) in [5.74, 6) is -0.284. The minimum Gasteiger partial charge on any atom is -0.298 e. The standard InChI is InChI=1S/C13H16O2S/c1-9(2)7-11(14)8-12(15)10(3)13-5-4-6-16-13/h4-7,10H,8H2,1-3H3. The van der Waals surface area contributed by atoms with Crippen molar-refractivity contribution in [1.82, 2.24) is 0 Å². The minimum atomic E-state index is -0.172. The van der Waals surface area contributed by atoms with Crippen molar-refractivity contribution in [2.45, 2.75) is 33.1 Å². The fraction of sp³-hybridized carbons (Fsp3) is 0.385. The van der Waals surface area contributed by atoms with Crippen LogP contribution in [0, 0.1) is 0 Å². The molecule has 16 heavy (non-hydrogen) atoms. The number of hydrogen-bond acceptors (Lipinski definition) is 3. The minimum absolute atomic E-state index is 0.00421. The highest BCUT2D eigenvalue weighted by molar-refractivity contribution is 7.10. The van der Waals surface area contributed by atoms with Crippen LogP contribution < -0.4 is 0 Å². The molecule has 0 N–H and O–H groups in total. The van der Waals surface area contributed by atoms with E-state index in [1.165, 1.54) is 6.08 Å². The maximum Gasteiger partial charge on any atom is 0.163 e. The van der Waals surface area contributed by atoms with E-state index < -0.39 is 0 Å². The van der Waals surface area contributed by atoms with Gasteiger partial charge in [0.2, 0.25) is 0 Å². The molecule has 1 rings (SSSR count). The maximum absolute atomic E-state index is 11.8. The van der Waals surface area contributed by atoms with Crippen molar-refractivity contribution < 1.29 is 9.59 Å². The third-order valence-electron chi connectivity index (χ3n) is 2.25. The first-order valence-corrected chi connectivity index (χ1v) is 6.12. The van der Waals surface area contributed by atoms with Gasteiger partial charge in [0.05, 0.1) is 6.42 Å². The quantitative estimate of drug-likeness (QED) is 0.580. The number of hydrogen-bond donors (Lipinski definition) is 0. The molecule has 0 saturated heterocycles. The lowest BCUT2D eigenvalue weighted by Crippen LogP contribution is -2.12. The smallest absolute Gasteiger partial charge is 0.163 e. The van der Waals surface area contributed by atoms with Gasteiger partial charge >= 0.3 is 0 Å². The van der Waals surface area contributed by atoms with Crippen molar-refractivity contribution in [2.75, 3.05) is 0 Å². The Morgan fingerprint density at radius 2 is 2.12 bits per heavy atom. The normalized spacial score (nSPS) is 11.9. The number of thiophene rings is 1. The molecule has 1 atom stereocenters. The SMILES string of the molecule is CC(C)=CC(=O)CC(=O)C(C)c1cccs1. The monoisotopic (exact) mass is 236 g/mol. The molecule has 2 nitrogen and oxygen atoms in total. The number of carbonyl (C=O) groups is 2. The van der Waals surface area contributed by atoms with Crippen LogP contribution in [0.4, 0.5) is 0 Å². The van der Waals surface area contributed by atoms with Crippen molar-refractivity contribution in [3.05, 3.63) is 34.0 Å². The zero-order valence-corrected chi connectivity index (χ0v) is 10.6. The van der Waals surface area contributed by atoms with E-state index in [0.717, 1.165) is 10.5 Å². The molecule has 0 fully saturated rings. The number of allylic oxidation sites excluding steroid dienone is 2. The van der Waals surface area contributed by atoms with Gasteiger partial charge < -0.3 is 0 Å². The summed E-state index contributed by atoms with van der Waals surface area (Å²) >= 11 is 1.55. The Morgan fingerprint density at radius 3 is 2.62 bits per heavy atom. The third kappa shape index (κ3) is 3.74. The molecular formula is C13H16O2S. The van der Waals surface area contributed by atoms with E-state index in [4.69, 9.17) is 0 Å². The Morgan fingerprint density at radius 1 is 1.44 bits per heavy atom. The van der Waals surface area contributed by atoms with Crippen LogP contribution in [0.2, 0.25) is 0 Å². The number of carbonyl (C=O) groups excluding carboxylic acids is 2. The van der Waals surface area contributed by atoms with Crippen LogP contribution in [0.1, 0.15) is 38.0 Å². The van der Waals surface area contributed by atoms with E-state index in [1.807, 2.05) is 38.3 Å². The van der Waals surface area contributed by atoms with E-state index in [0.29, 0.717) is 0 Å². The molecule has 0 saturated carbocycles. The van der Waals surface area contributed by atoms with Gasteiger partial charge in [-0.1, -0.05) is 18.6 Å². The second-order valence-corrected chi connectivity index (χ2v) is 5.05.